The Morgan fingerprint density at radius 3 is 2.52 bits per heavy atom. The standard InChI is InChI=1S/C24H20O3S2/c1-24(2,27)23(26)16-7-5-6-15(12-16)14-28-17-10-11-21-19(13-17)22(25)18-8-3-4-9-20(18)29-21/h3-13,27H,14H2,1-2H3. The van der Waals surface area contributed by atoms with Crippen LogP contribution in [0.15, 0.2) is 76.4 Å². The SMILES string of the molecule is CC(C)(O)C(=O)c1cccc(CSc2ccc3sc4ccccc4c(=O)c3c2)c1. The summed E-state index contributed by atoms with van der Waals surface area (Å²) in [5.41, 5.74) is 0.172. The van der Waals surface area contributed by atoms with E-state index in [9.17, 15) is 14.7 Å². The summed E-state index contributed by atoms with van der Waals surface area (Å²) in [6.45, 7) is 2.99. The van der Waals surface area contributed by atoms with Gasteiger partial charge in [-0.15, -0.1) is 23.1 Å². The summed E-state index contributed by atoms with van der Waals surface area (Å²) >= 11 is 3.25. The third-order valence-corrected chi connectivity index (χ3v) is 6.91. The third-order valence-electron chi connectivity index (χ3n) is 4.70. The van der Waals surface area contributed by atoms with E-state index in [-0.39, 0.29) is 11.2 Å². The fraction of sp³-hybridized carbons (Fsp3) is 0.167. The largest absolute Gasteiger partial charge is 0.382 e. The lowest BCUT2D eigenvalue weighted by Crippen LogP contribution is -2.31. The third kappa shape index (κ3) is 4.13. The number of hydrogen-bond acceptors (Lipinski definition) is 5. The van der Waals surface area contributed by atoms with Gasteiger partial charge in [0.2, 0.25) is 0 Å². The van der Waals surface area contributed by atoms with Crippen molar-refractivity contribution < 1.29 is 9.90 Å². The summed E-state index contributed by atoms with van der Waals surface area (Å²) in [6, 6.07) is 21.0. The average molecular weight is 421 g/mol. The Kier molecular flexibility index (Phi) is 5.30. The van der Waals surface area contributed by atoms with E-state index >= 15 is 0 Å². The molecule has 0 atom stereocenters. The van der Waals surface area contributed by atoms with Crippen LogP contribution in [0, 0.1) is 0 Å². The summed E-state index contributed by atoms with van der Waals surface area (Å²) in [5.74, 6) is 0.378. The molecule has 29 heavy (non-hydrogen) atoms. The van der Waals surface area contributed by atoms with Crippen LogP contribution >= 0.6 is 23.1 Å². The molecule has 0 saturated heterocycles. The molecule has 0 aliphatic rings. The second kappa shape index (κ2) is 7.75. The average Bonchev–Trinajstić information content (AvgIpc) is 2.71. The van der Waals surface area contributed by atoms with Gasteiger partial charge in [-0.3, -0.25) is 9.59 Å². The van der Waals surface area contributed by atoms with Crippen LogP contribution in [0.2, 0.25) is 0 Å². The van der Waals surface area contributed by atoms with Gasteiger partial charge in [0, 0.05) is 36.4 Å². The van der Waals surface area contributed by atoms with Crippen LogP contribution in [0.4, 0.5) is 0 Å². The number of thioether (sulfide) groups is 1. The van der Waals surface area contributed by atoms with Crippen LogP contribution in [0.25, 0.3) is 20.2 Å². The molecule has 5 heteroatoms. The van der Waals surface area contributed by atoms with E-state index in [2.05, 4.69) is 0 Å². The molecular formula is C24H20O3S2. The van der Waals surface area contributed by atoms with Crippen LogP contribution in [0.3, 0.4) is 0 Å². The van der Waals surface area contributed by atoms with Crippen LogP contribution < -0.4 is 5.43 Å². The van der Waals surface area contributed by atoms with Crippen molar-refractivity contribution in [1.29, 1.82) is 0 Å². The zero-order valence-corrected chi connectivity index (χ0v) is 17.8. The van der Waals surface area contributed by atoms with E-state index in [1.165, 1.54) is 13.8 Å². The predicted molar refractivity (Wildman–Crippen MR) is 122 cm³/mol. The van der Waals surface area contributed by atoms with Crippen molar-refractivity contribution >= 4 is 49.1 Å². The van der Waals surface area contributed by atoms with Gasteiger partial charge >= 0.3 is 0 Å². The topological polar surface area (TPSA) is 54.4 Å². The van der Waals surface area contributed by atoms with E-state index < -0.39 is 5.60 Å². The molecule has 0 spiro atoms. The van der Waals surface area contributed by atoms with Crippen LogP contribution in [0.5, 0.6) is 0 Å². The quantitative estimate of drug-likeness (QED) is 0.257. The molecule has 0 amide bonds. The van der Waals surface area contributed by atoms with E-state index in [4.69, 9.17) is 0 Å². The zero-order chi connectivity index (χ0) is 20.6. The molecule has 0 aliphatic heterocycles. The molecule has 4 rings (SSSR count). The lowest BCUT2D eigenvalue weighted by Gasteiger charge is -2.16. The minimum absolute atomic E-state index is 0.0644. The number of carbonyl (C=O) groups excluding carboxylic acids is 1. The number of ketones is 1. The minimum Gasteiger partial charge on any atom is -0.382 e. The maximum Gasteiger partial charge on any atom is 0.195 e. The lowest BCUT2D eigenvalue weighted by molar-refractivity contribution is 0.0488. The Morgan fingerprint density at radius 2 is 1.72 bits per heavy atom. The minimum atomic E-state index is -1.39. The summed E-state index contributed by atoms with van der Waals surface area (Å²) in [6.07, 6.45) is 0. The molecule has 0 bridgehead atoms. The fourth-order valence-electron chi connectivity index (χ4n) is 3.19. The first kappa shape index (κ1) is 19.8. The van der Waals surface area contributed by atoms with Crippen molar-refractivity contribution in [2.75, 3.05) is 0 Å². The first-order chi connectivity index (χ1) is 13.8. The maximum atomic E-state index is 12.9. The number of fused-ring (bicyclic) bond motifs is 2. The van der Waals surface area contributed by atoms with Crippen LogP contribution in [-0.2, 0) is 5.75 Å². The highest BCUT2D eigenvalue weighted by atomic mass is 32.2. The second-order valence-corrected chi connectivity index (χ2v) is 9.60. The summed E-state index contributed by atoms with van der Waals surface area (Å²) in [5, 5.41) is 11.5. The predicted octanol–water partition coefficient (Wildman–Crippen LogP) is 5.66. The number of hydrogen-bond donors (Lipinski definition) is 1. The smallest absolute Gasteiger partial charge is 0.195 e. The van der Waals surface area contributed by atoms with Crippen molar-refractivity contribution in [3.8, 4) is 0 Å². The molecule has 0 unspecified atom stereocenters. The van der Waals surface area contributed by atoms with E-state index in [1.54, 1.807) is 29.2 Å². The molecular weight excluding hydrogens is 400 g/mol. The molecule has 1 N–H and O–H groups in total. The Balaban J connectivity index is 1.61. The molecule has 1 heterocycles. The number of Topliss-reactive ketones (excluding diaryl/α,β-unsaturated/α-hetero) is 1. The monoisotopic (exact) mass is 420 g/mol. The van der Waals surface area contributed by atoms with E-state index in [0.29, 0.717) is 11.3 Å². The highest BCUT2D eigenvalue weighted by molar-refractivity contribution is 7.98. The molecule has 0 radical (unpaired) electrons. The summed E-state index contributed by atoms with van der Waals surface area (Å²) < 4.78 is 1.98. The molecule has 1 aromatic heterocycles. The van der Waals surface area contributed by atoms with E-state index in [0.717, 1.165) is 30.6 Å². The molecule has 4 aromatic rings. The van der Waals surface area contributed by atoms with Crippen molar-refractivity contribution in [1.82, 2.24) is 0 Å². The first-order valence-electron chi connectivity index (χ1n) is 9.27. The molecule has 146 valence electrons. The Labute approximate surface area is 177 Å². The highest BCUT2D eigenvalue weighted by Crippen LogP contribution is 2.30. The van der Waals surface area contributed by atoms with Gasteiger partial charge in [-0.2, -0.15) is 0 Å². The normalized spacial score (nSPS) is 11.8. The summed E-state index contributed by atoms with van der Waals surface area (Å²) in [4.78, 5) is 26.2. The molecule has 3 aromatic carbocycles. The van der Waals surface area contributed by atoms with Gasteiger partial charge in [0.1, 0.15) is 5.60 Å². The second-order valence-electron chi connectivity index (χ2n) is 7.46. The molecule has 3 nitrogen and oxygen atoms in total. The number of benzene rings is 3. The van der Waals surface area contributed by atoms with Gasteiger partial charge < -0.3 is 5.11 Å². The Bertz CT molecular complexity index is 1280. The van der Waals surface area contributed by atoms with Crippen molar-refractivity contribution in [2.24, 2.45) is 0 Å². The van der Waals surface area contributed by atoms with Gasteiger partial charge in [0.15, 0.2) is 11.2 Å². The Hall–Kier alpha value is -2.47. The van der Waals surface area contributed by atoms with Gasteiger partial charge in [-0.1, -0.05) is 30.3 Å². The molecule has 0 saturated carbocycles. The van der Waals surface area contributed by atoms with Gasteiger partial charge in [-0.05, 0) is 55.8 Å². The maximum absolute atomic E-state index is 12.9. The molecule has 0 aliphatic carbocycles. The lowest BCUT2D eigenvalue weighted by atomic mass is 9.96. The van der Waals surface area contributed by atoms with E-state index in [1.807, 2.05) is 60.7 Å². The summed E-state index contributed by atoms with van der Waals surface area (Å²) in [7, 11) is 0. The van der Waals surface area contributed by atoms with Crippen LogP contribution in [-0.4, -0.2) is 16.5 Å². The van der Waals surface area contributed by atoms with Crippen molar-refractivity contribution in [3.05, 3.63) is 88.1 Å². The fourth-order valence-corrected chi connectivity index (χ4v) is 5.12. The van der Waals surface area contributed by atoms with Gasteiger partial charge in [-0.25, -0.2) is 0 Å². The van der Waals surface area contributed by atoms with Gasteiger partial charge in [0.25, 0.3) is 0 Å². The Morgan fingerprint density at radius 1 is 0.966 bits per heavy atom. The molecule has 0 fully saturated rings. The number of aliphatic hydroxyl groups is 1. The zero-order valence-electron chi connectivity index (χ0n) is 16.1. The highest BCUT2D eigenvalue weighted by Gasteiger charge is 2.25. The van der Waals surface area contributed by atoms with Crippen LogP contribution in [0.1, 0.15) is 29.8 Å². The van der Waals surface area contributed by atoms with Gasteiger partial charge in [0.05, 0.1) is 0 Å². The number of rotatable bonds is 5. The van der Waals surface area contributed by atoms with Crippen molar-refractivity contribution in [2.45, 2.75) is 30.1 Å². The number of carbonyl (C=O) groups is 1. The first-order valence-corrected chi connectivity index (χ1v) is 11.1. The van der Waals surface area contributed by atoms with Crippen molar-refractivity contribution in [3.63, 3.8) is 0 Å².